The van der Waals surface area contributed by atoms with Crippen molar-refractivity contribution in [1.82, 2.24) is 10.3 Å². The highest BCUT2D eigenvalue weighted by atomic mass is 79.9. The molecule has 4 nitrogen and oxygen atoms in total. The Bertz CT molecular complexity index is 596. The number of halogens is 2. The van der Waals surface area contributed by atoms with Crippen molar-refractivity contribution in [2.24, 2.45) is 0 Å². The van der Waals surface area contributed by atoms with Crippen LogP contribution in [0.2, 0.25) is 0 Å². The van der Waals surface area contributed by atoms with Gasteiger partial charge < -0.3 is 14.8 Å². The highest BCUT2D eigenvalue weighted by molar-refractivity contribution is 9.10. The quantitative estimate of drug-likeness (QED) is 0.772. The van der Waals surface area contributed by atoms with E-state index in [0.29, 0.717) is 19.0 Å². The largest absolute Gasteiger partial charge is 0.436 e. The molecule has 6 heteroatoms. The summed E-state index contributed by atoms with van der Waals surface area (Å²) in [6.45, 7) is 1.91. The van der Waals surface area contributed by atoms with Gasteiger partial charge in [0.1, 0.15) is 0 Å². The van der Waals surface area contributed by atoms with Crippen LogP contribution in [-0.4, -0.2) is 25.2 Å². The zero-order valence-electron chi connectivity index (χ0n) is 11.6. The topological polar surface area (TPSA) is 43.4 Å². The first kappa shape index (κ1) is 15.9. The molecule has 0 aliphatic heterocycles. The lowest BCUT2D eigenvalue weighted by Gasteiger charge is -2.11. The van der Waals surface area contributed by atoms with Crippen LogP contribution in [0.25, 0.3) is 0 Å². The molecule has 0 saturated carbocycles. The van der Waals surface area contributed by atoms with E-state index >= 15 is 0 Å². The molecule has 21 heavy (non-hydrogen) atoms. The van der Waals surface area contributed by atoms with Gasteiger partial charge in [-0.3, -0.25) is 0 Å². The van der Waals surface area contributed by atoms with Gasteiger partial charge in [-0.1, -0.05) is 22.0 Å². The van der Waals surface area contributed by atoms with Gasteiger partial charge in [-0.25, -0.2) is 9.37 Å². The molecule has 0 atom stereocenters. The minimum Gasteiger partial charge on any atom is -0.436 e. The normalized spacial score (nSPS) is 10.6. The highest BCUT2D eigenvalue weighted by Gasteiger charge is 2.10. The second-order valence-corrected chi connectivity index (χ2v) is 5.23. The zero-order valence-corrected chi connectivity index (χ0v) is 13.2. The van der Waals surface area contributed by atoms with E-state index in [-0.39, 0.29) is 5.75 Å². The lowest BCUT2D eigenvalue weighted by molar-refractivity contribution is 0.199. The van der Waals surface area contributed by atoms with Crippen LogP contribution in [0.1, 0.15) is 5.56 Å². The third kappa shape index (κ3) is 4.77. The van der Waals surface area contributed by atoms with Crippen LogP contribution in [-0.2, 0) is 11.3 Å². The molecule has 2 aromatic rings. The monoisotopic (exact) mass is 354 g/mol. The number of pyridine rings is 1. The molecule has 2 rings (SSSR count). The molecule has 0 amide bonds. The Morgan fingerprint density at radius 2 is 2.19 bits per heavy atom. The van der Waals surface area contributed by atoms with E-state index in [1.807, 2.05) is 12.1 Å². The SMILES string of the molecule is COCCNCc1cccnc1Oc1cc(Br)ccc1F. The average Bonchev–Trinajstić information content (AvgIpc) is 2.49. The van der Waals surface area contributed by atoms with Crippen molar-refractivity contribution in [3.8, 4) is 11.6 Å². The molecule has 0 radical (unpaired) electrons. The molecule has 0 bridgehead atoms. The molecular weight excluding hydrogens is 339 g/mol. The summed E-state index contributed by atoms with van der Waals surface area (Å²) in [4.78, 5) is 4.17. The van der Waals surface area contributed by atoms with Crippen molar-refractivity contribution in [3.05, 3.63) is 52.4 Å². The molecule has 0 saturated heterocycles. The molecule has 0 aliphatic carbocycles. The van der Waals surface area contributed by atoms with Gasteiger partial charge in [0, 0.05) is 36.4 Å². The van der Waals surface area contributed by atoms with Gasteiger partial charge in [0.25, 0.3) is 0 Å². The van der Waals surface area contributed by atoms with E-state index in [0.717, 1.165) is 16.6 Å². The van der Waals surface area contributed by atoms with E-state index in [4.69, 9.17) is 9.47 Å². The summed E-state index contributed by atoms with van der Waals surface area (Å²) in [7, 11) is 1.65. The molecule has 0 unspecified atom stereocenters. The number of aromatic nitrogens is 1. The maximum Gasteiger partial charge on any atom is 0.223 e. The summed E-state index contributed by atoms with van der Waals surface area (Å²) >= 11 is 3.29. The van der Waals surface area contributed by atoms with Crippen LogP contribution < -0.4 is 10.1 Å². The summed E-state index contributed by atoms with van der Waals surface area (Å²) in [5, 5.41) is 3.21. The Morgan fingerprint density at radius 1 is 1.33 bits per heavy atom. The van der Waals surface area contributed by atoms with Gasteiger partial charge in [0.2, 0.25) is 5.88 Å². The Hall–Kier alpha value is -1.50. The number of hydrogen-bond acceptors (Lipinski definition) is 4. The molecule has 0 aliphatic rings. The van der Waals surface area contributed by atoms with Crippen molar-refractivity contribution in [2.75, 3.05) is 20.3 Å². The number of nitrogens with zero attached hydrogens (tertiary/aromatic N) is 1. The number of rotatable bonds is 7. The van der Waals surface area contributed by atoms with Crippen molar-refractivity contribution in [2.45, 2.75) is 6.54 Å². The van der Waals surface area contributed by atoms with Gasteiger partial charge in [-0.2, -0.15) is 0 Å². The summed E-state index contributed by atoms with van der Waals surface area (Å²) in [6, 6.07) is 8.24. The third-order valence-electron chi connectivity index (χ3n) is 2.75. The van der Waals surface area contributed by atoms with Crippen molar-refractivity contribution in [3.63, 3.8) is 0 Å². The first-order valence-electron chi connectivity index (χ1n) is 6.47. The number of benzene rings is 1. The van der Waals surface area contributed by atoms with E-state index in [2.05, 4.69) is 26.2 Å². The first-order valence-corrected chi connectivity index (χ1v) is 7.26. The predicted octanol–water partition coefficient (Wildman–Crippen LogP) is 3.51. The molecule has 1 N–H and O–H groups in total. The standard InChI is InChI=1S/C15H16BrFN2O2/c1-20-8-7-18-10-11-3-2-6-19-15(11)21-14-9-12(16)4-5-13(14)17/h2-6,9,18H,7-8,10H2,1H3. The van der Waals surface area contributed by atoms with Crippen LogP contribution >= 0.6 is 15.9 Å². The van der Waals surface area contributed by atoms with Gasteiger partial charge in [0.05, 0.1) is 6.61 Å². The minimum atomic E-state index is -0.429. The van der Waals surface area contributed by atoms with Gasteiger partial charge in [-0.05, 0) is 24.3 Å². The third-order valence-corrected chi connectivity index (χ3v) is 3.24. The summed E-state index contributed by atoms with van der Waals surface area (Å²) in [5.74, 6) is 0.0998. The number of nitrogens with one attached hydrogen (secondary N) is 1. The molecular formula is C15H16BrFN2O2. The van der Waals surface area contributed by atoms with E-state index < -0.39 is 5.82 Å². The van der Waals surface area contributed by atoms with E-state index in [1.54, 1.807) is 25.4 Å². The second kappa shape index (κ2) is 8.07. The Morgan fingerprint density at radius 3 is 3.00 bits per heavy atom. The Kier molecular flexibility index (Phi) is 6.10. The maximum atomic E-state index is 13.7. The summed E-state index contributed by atoms with van der Waals surface area (Å²) in [5.41, 5.74) is 0.855. The molecule has 1 aromatic carbocycles. The van der Waals surface area contributed by atoms with Crippen molar-refractivity contribution < 1.29 is 13.9 Å². The molecule has 112 valence electrons. The Labute approximate surface area is 131 Å². The fourth-order valence-corrected chi connectivity index (χ4v) is 2.05. The van der Waals surface area contributed by atoms with E-state index in [9.17, 15) is 4.39 Å². The first-order chi connectivity index (χ1) is 10.2. The molecule has 1 aromatic heterocycles. The van der Waals surface area contributed by atoms with Crippen molar-refractivity contribution >= 4 is 15.9 Å². The molecule has 0 fully saturated rings. The van der Waals surface area contributed by atoms with Gasteiger partial charge >= 0.3 is 0 Å². The van der Waals surface area contributed by atoms with Crippen molar-refractivity contribution in [1.29, 1.82) is 0 Å². The fraction of sp³-hybridized carbons (Fsp3) is 0.267. The summed E-state index contributed by atoms with van der Waals surface area (Å²) in [6.07, 6.45) is 1.61. The molecule has 0 spiro atoms. The minimum absolute atomic E-state index is 0.140. The maximum absolute atomic E-state index is 13.7. The van der Waals surface area contributed by atoms with Crippen LogP contribution in [0.5, 0.6) is 11.6 Å². The van der Waals surface area contributed by atoms with Crippen LogP contribution in [0.15, 0.2) is 41.0 Å². The predicted molar refractivity (Wildman–Crippen MR) is 82.0 cm³/mol. The Balaban J connectivity index is 2.10. The highest BCUT2D eigenvalue weighted by Crippen LogP contribution is 2.28. The van der Waals surface area contributed by atoms with E-state index in [1.165, 1.54) is 6.07 Å². The van der Waals surface area contributed by atoms with Gasteiger partial charge in [-0.15, -0.1) is 0 Å². The second-order valence-electron chi connectivity index (χ2n) is 4.31. The number of hydrogen-bond donors (Lipinski definition) is 1. The summed E-state index contributed by atoms with van der Waals surface area (Å²) < 4.78 is 25.0. The number of methoxy groups -OCH3 is 1. The zero-order chi connectivity index (χ0) is 15.1. The van der Waals surface area contributed by atoms with Crippen LogP contribution in [0.4, 0.5) is 4.39 Å². The van der Waals surface area contributed by atoms with Gasteiger partial charge in [0.15, 0.2) is 11.6 Å². The lowest BCUT2D eigenvalue weighted by atomic mass is 10.2. The molecule has 1 heterocycles. The van der Waals surface area contributed by atoms with Crippen LogP contribution in [0.3, 0.4) is 0 Å². The average molecular weight is 355 g/mol. The fourth-order valence-electron chi connectivity index (χ4n) is 1.71. The lowest BCUT2D eigenvalue weighted by Crippen LogP contribution is -2.19. The van der Waals surface area contributed by atoms with Crippen LogP contribution in [0, 0.1) is 5.82 Å². The smallest absolute Gasteiger partial charge is 0.223 e. The number of ether oxygens (including phenoxy) is 2.